The van der Waals surface area contributed by atoms with E-state index in [0.29, 0.717) is 6.04 Å². The Kier molecular flexibility index (Phi) is 5.01. The highest BCUT2D eigenvalue weighted by Gasteiger charge is 2.38. The van der Waals surface area contributed by atoms with Gasteiger partial charge in [0.15, 0.2) is 0 Å². The van der Waals surface area contributed by atoms with Crippen LogP contribution in [0.1, 0.15) is 64.2 Å². The lowest BCUT2D eigenvalue weighted by atomic mass is 9.77. The molecule has 0 aliphatic heterocycles. The standard InChI is InChI=1S/C14H27N3O/c1-18-14(9-6-10-14)11-13(17-15)16-12-7-4-2-3-5-8-12/h12H,2-11,15H2,1H3,(H,16,17). The number of methoxy groups -OCH3 is 1. The number of ether oxygens (including phenoxy) is 1. The summed E-state index contributed by atoms with van der Waals surface area (Å²) in [5.41, 5.74) is 2.81. The molecule has 0 atom stereocenters. The molecule has 2 aliphatic carbocycles. The van der Waals surface area contributed by atoms with E-state index in [0.717, 1.165) is 25.1 Å². The molecule has 0 aromatic carbocycles. The maximum Gasteiger partial charge on any atom is 0.113 e. The molecule has 2 saturated carbocycles. The largest absolute Gasteiger partial charge is 0.378 e. The third-order valence-electron chi connectivity index (χ3n) is 4.52. The number of hydrogen-bond acceptors (Lipinski definition) is 3. The summed E-state index contributed by atoms with van der Waals surface area (Å²) in [4.78, 5) is 4.83. The molecule has 0 saturated heterocycles. The van der Waals surface area contributed by atoms with Gasteiger partial charge in [0.25, 0.3) is 0 Å². The van der Waals surface area contributed by atoms with Crippen LogP contribution in [0.4, 0.5) is 0 Å². The average Bonchev–Trinajstić information content (AvgIpc) is 2.61. The molecule has 0 aromatic rings. The molecule has 104 valence electrons. The zero-order valence-corrected chi connectivity index (χ0v) is 11.6. The molecule has 2 aliphatic rings. The Morgan fingerprint density at radius 1 is 1.22 bits per heavy atom. The van der Waals surface area contributed by atoms with Gasteiger partial charge < -0.3 is 10.2 Å². The van der Waals surface area contributed by atoms with Crippen molar-refractivity contribution in [2.24, 2.45) is 10.8 Å². The predicted molar refractivity (Wildman–Crippen MR) is 74.5 cm³/mol. The molecule has 0 spiro atoms. The van der Waals surface area contributed by atoms with Crippen LogP contribution in [-0.2, 0) is 4.74 Å². The summed E-state index contributed by atoms with van der Waals surface area (Å²) in [5, 5.41) is 0. The van der Waals surface area contributed by atoms with Crippen molar-refractivity contribution in [1.29, 1.82) is 0 Å². The number of aliphatic imine (C=N–C) groups is 1. The van der Waals surface area contributed by atoms with Gasteiger partial charge in [0.1, 0.15) is 5.84 Å². The van der Waals surface area contributed by atoms with Gasteiger partial charge in [-0.25, -0.2) is 5.84 Å². The monoisotopic (exact) mass is 253 g/mol. The second-order valence-electron chi connectivity index (χ2n) is 5.78. The fourth-order valence-corrected chi connectivity index (χ4v) is 3.07. The van der Waals surface area contributed by atoms with E-state index in [9.17, 15) is 0 Å². The Morgan fingerprint density at radius 2 is 1.89 bits per heavy atom. The zero-order chi connectivity index (χ0) is 12.8. The fraction of sp³-hybridized carbons (Fsp3) is 0.929. The van der Waals surface area contributed by atoms with Crippen LogP contribution in [0.15, 0.2) is 4.99 Å². The maximum absolute atomic E-state index is 5.64. The molecule has 3 N–H and O–H groups in total. The Balaban J connectivity index is 1.93. The Morgan fingerprint density at radius 3 is 2.33 bits per heavy atom. The Labute approximate surface area is 110 Å². The minimum atomic E-state index is 0.00985. The molecule has 2 fully saturated rings. The number of hydrogen-bond donors (Lipinski definition) is 2. The van der Waals surface area contributed by atoms with Crippen LogP contribution in [0.2, 0.25) is 0 Å². The van der Waals surface area contributed by atoms with Crippen LogP contribution in [-0.4, -0.2) is 24.6 Å². The van der Waals surface area contributed by atoms with E-state index in [4.69, 9.17) is 15.6 Å². The van der Waals surface area contributed by atoms with Crippen LogP contribution < -0.4 is 11.3 Å². The highest BCUT2D eigenvalue weighted by atomic mass is 16.5. The van der Waals surface area contributed by atoms with Crippen molar-refractivity contribution in [2.45, 2.75) is 75.9 Å². The Bertz CT molecular complexity index is 273. The Hall–Kier alpha value is -0.610. The molecule has 4 heteroatoms. The van der Waals surface area contributed by atoms with Gasteiger partial charge in [0.05, 0.1) is 11.6 Å². The highest BCUT2D eigenvalue weighted by molar-refractivity contribution is 5.82. The number of hydrazine groups is 1. The topological polar surface area (TPSA) is 59.6 Å². The molecule has 0 unspecified atom stereocenters. The van der Waals surface area contributed by atoms with E-state index in [1.807, 2.05) is 0 Å². The minimum Gasteiger partial charge on any atom is -0.378 e. The van der Waals surface area contributed by atoms with E-state index in [1.165, 1.54) is 44.9 Å². The summed E-state index contributed by atoms with van der Waals surface area (Å²) in [5.74, 6) is 6.57. The fourth-order valence-electron chi connectivity index (χ4n) is 3.07. The summed E-state index contributed by atoms with van der Waals surface area (Å²) in [6, 6.07) is 0.465. The second-order valence-corrected chi connectivity index (χ2v) is 5.78. The summed E-state index contributed by atoms with van der Waals surface area (Å²) in [6.45, 7) is 0. The second kappa shape index (κ2) is 6.53. The third kappa shape index (κ3) is 3.45. The van der Waals surface area contributed by atoms with E-state index in [1.54, 1.807) is 7.11 Å². The van der Waals surface area contributed by atoms with Crippen molar-refractivity contribution >= 4 is 5.84 Å². The van der Waals surface area contributed by atoms with Gasteiger partial charge in [-0.2, -0.15) is 0 Å². The van der Waals surface area contributed by atoms with Gasteiger partial charge in [0.2, 0.25) is 0 Å². The van der Waals surface area contributed by atoms with Crippen LogP contribution in [0, 0.1) is 0 Å². The highest BCUT2D eigenvalue weighted by Crippen LogP contribution is 2.38. The molecule has 0 bridgehead atoms. The zero-order valence-electron chi connectivity index (χ0n) is 11.6. The van der Waals surface area contributed by atoms with Crippen LogP contribution in [0.3, 0.4) is 0 Å². The number of nitrogens with two attached hydrogens (primary N) is 1. The van der Waals surface area contributed by atoms with E-state index >= 15 is 0 Å². The summed E-state index contributed by atoms with van der Waals surface area (Å²) < 4.78 is 5.64. The van der Waals surface area contributed by atoms with Gasteiger partial charge >= 0.3 is 0 Å². The van der Waals surface area contributed by atoms with E-state index in [-0.39, 0.29) is 5.60 Å². The third-order valence-corrected chi connectivity index (χ3v) is 4.52. The summed E-state index contributed by atoms with van der Waals surface area (Å²) in [7, 11) is 1.80. The summed E-state index contributed by atoms with van der Waals surface area (Å²) >= 11 is 0. The van der Waals surface area contributed by atoms with Crippen LogP contribution in [0.25, 0.3) is 0 Å². The molecule has 18 heavy (non-hydrogen) atoms. The lowest BCUT2D eigenvalue weighted by Crippen LogP contribution is -2.45. The first kappa shape index (κ1) is 13.8. The maximum atomic E-state index is 5.64. The molecular formula is C14H27N3O. The average molecular weight is 253 g/mol. The molecule has 0 aromatic heterocycles. The van der Waals surface area contributed by atoms with Crippen molar-refractivity contribution in [2.75, 3.05) is 7.11 Å². The molecule has 4 nitrogen and oxygen atoms in total. The van der Waals surface area contributed by atoms with Crippen molar-refractivity contribution in [3.63, 3.8) is 0 Å². The lowest BCUT2D eigenvalue weighted by Gasteiger charge is -2.40. The molecule has 0 heterocycles. The lowest BCUT2D eigenvalue weighted by molar-refractivity contribution is -0.0659. The number of rotatable bonds is 4. The SMILES string of the molecule is COC1(CC(=NC2CCCCCC2)NN)CCC1. The number of nitrogens with one attached hydrogen (secondary N) is 1. The molecule has 0 amide bonds. The van der Waals surface area contributed by atoms with Crippen molar-refractivity contribution in [3.8, 4) is 0 Å². The van der Waals surface area contributed by atoms with Gasteiger partial charge in [-0.15, -0.1) is 0 Å². The number of nitrogens with zero attached hydrogens (tertiary/aromatic N) is 1. The van der Waals surface area contributed by atoms with Crippen molar-refractivity contribution in [1.82, 2.24) is 5.43 Å². The van der Waals surface area contributed by atoms with Crippen LogP contribution in [0.5, 0.6) is 0 Å². The van der Waals surface area contributed by atoms with Crippen molar-refractivity contribution in [3.05, 3.63) is 0 Å². The molecule has 0 radical (unpaired) electrons. The molecular weight excluding hydrogens is 226 g/mol. The first-order valence-electron chi connectivity index (χ1n) is 7.36. The predicted octanol–water partition coefficient (Wildman–Crippen LogP) is 2.53. The van der Waals surface area contributed by atoms with Crippen LogP contribution >= 0.6 is 0 Å². The van der Waals surface area contributed by atoms with Gasteiger partial charge in [0, 0.05) is 13.5 Å². The van der Waals surface area contributed by atoms with Gasteiger partial charge in [-0.05, 0) is 32.1 Å². The normalized spacial score (nSPS) is 25.3. The van der Waals surface area contributed by atoms with E-state index in [2.05, 4.69) is 5.43 Å². The summed E-state index contributed by atoms with van der Waals surface area (Å²) in [6.07, 6.45) is 12.1. The smallest absolute Gasteiger partial charge is 0.113 e. The van der Waals surface area contributed by atoms with Gasteiger partial charge in [-0.1, -0.05) is 25.7 Å². The quantitative estimate of drug-likeness (QED) is 0.266. The number of amidine groups is 1. The first-order valence-corrected chi connectivity index (χ1v) is 7.36. The van der Waals surface area contributed by atoms with Crippen molar-refractivity contribution < 1.29 is 4.74 Å². The minimum absolute atomic E-state index is 0.00985. The van der Waals surface area contributed by atoms with E-state index < -0.39 is 0 Å². The first-order chi connectivity index (χ1) is 8.78. The van der Waals surface area contributed by atoms with Gasteiger partial charge in [-0.3, -0.25) is 4.99 Å². The molecule has 2 rings (SSSR count).